The number of nitrogens with zero attached hydrogens (tertiary/aromatic N) is 1. The van der Waals surface area contributed by atoms with Crippen molar-refractivity contribution in [2.24, 2.45) is 5.92 Å². The zero-order valence-electron chi connectivity index (χ0n) is 8.69. The molecule has 1 amide bonds. The van der Waals surface area contributed by atoms with E-state index in [4.69, 9.17) is 0 Å². The third kappa shape index (κ3) is 4.89. The van der Waals surface area contributed by atoms with Crippen molar-refractivity contribution in [3.63, 3.8) is 0 Å². The van der Waals surface area contributed by atoms with E-state index in [1.807, 2.05) is 0 Å². The Morgan fingerprint density at radius 1 is 1.50 bits per heavy atom. The molecule has 76 valence electrons. The third-order valence-corrected chi connectivity index (χ3v) is 3.18. The molecule has 0 aliphatic carbocycles. The molecule has 0 N–H and O–H groups in total. The second-order valence-electron chi connectivity index (χ2n) is 3.42. The zero-order chi connectivity index (χ0) is 9.84. The summed E-state index contributed by atoms with van der Waals surface area (Å²) in [7, 11) is 0. The Kier molecular flexibility index (Phi) is 7.24. The van der Waals surface area contributed by atoms with Crippen LogP contribution in [-0.4, -0.2) is 38.4 Å². The van der Waals surface area contributed by atoms with Crippen LogP contribution in [0.3, 0.4) is 0 Å². The normalized spacial score (nSPS) is 20.0. The first-order valence-electron chi connectivity index (χ1n) is 4.41. The van der Waals surface area contributed by atoms with Gasteiger partial charge in [0.25, 0.3) is 0 Å². The minimum Gasteiger partial charge on any atom is -0.772 e. The van der Waals surface area contributed by atoms with Crippen LogP contribution in [0.4, 0.5) is 0 Å². The van der Waals surface area contributed by atoms with E-state index in [2.05, 4.69) is 0 Å². The van der Waals surface area contributed by atoms with E-state index < -0.39 is 11.1 Å². The summed E-state index contributed by atoms with van der Waals surface area (Å²) < 4.78 is 20.8. The molecule has 1 rings (SSSR count). The van der Waals surface area contributed by atoms with Gasteiger partial charge in [-0.05, 0) is 18.8 Å². The minimum absolute atomic E-state index is 0. The maximum Gasteiger partial charge on any atom is 1.00 e. The van der Waals surface area contributed by atoms with Gasteiger partial charge in [-0.25, -0.2) is 0 Å². The standard InChI is InChI=1S/C8H15NO3S.Na/c1-7(10)9-4-2-8(3-5-9)6-13(11)12;/h8H,2-6H2,1H3,(H,11,12);/q;+1/p-1. The fourth-order valence-corrected chi connectivity index (χ4v) is 2.33. The molecule has 1 fully saturated rings. The van der Waals surface area contributed by atoms with E-state index in [1.54, 1.807) is 11.8 Å². The van der Waals surface area contributed by atoms with Gasteiger partial charge in [-0.2, -0.15) is 0 Å². The maximum absolute atomic E-state index is 10.9. The SMILES string of the molecule is CC(=O)N1CCC(CS(=O)[O-])CC1.[Na+]. The Morgan fingerprint density at radius 2 is 2.00 bits per heavy atom. The summed E-state index contributed by atoms with van der Waals surface area (Å²) in [6.45, 7) is 2.96. The Morgan fingerprint density at radius 3 is 2.36 bits per heavy atom. The Hall–Kier alpha value is 0.580. The molecule has 0 aromatic rings. The van der Waals surface area contributed by atoms with Crippen molar-refractivity contribution in [2.75, 3.05) is 18.8 Å². The van der Waals surface area contributed by atoms with E-state index in [0.29, 0.717) is 13.1 Å². The van der Waals surface area contributed by atoms with Gasteiger partial charge in [-0.15, -0.1) is 0 Å². The van der Waals surface area contributed by atoms with Crippen molar-refractivity contribution in [3.05, 3.63) is 0 Å². The molecule has 1 aliphatic rings. The zero-order valence-corrected chi connectivity index (χ0v) is 11.5. The molecule has 0 aromatic heterocycles. The molecule has 0 spiro atoms. The van der Waals surface area contributed by atoms with Crippen molar-refractivity contribution in [1.29, 1.82) is 0 Å². The molecule has 6 heteroatoms. The van der Waals surface area contributed by atoms with Gasteiger partial charge in [-0.3, -0.25) is 9.00 Å². The molecule has 1 unspecified atom stereocenters. The summed E-state index contributed by atoms with van der Waals surface area (Å²) in [5.74, 6) is 0.571. The average molecular weight is 227 g/mol. The summed E-state index contributed by atoms with van der Waals surface area (Å²) in [5.41, 5.74) is 0. The number of amides is 1. The van der Waals surface area contributed by atoms with Crippen LogP contribution < -0.4 is 29.6 Å². The van der Waals surface area contributed by atoms with E-state index in [-0.39, 0.29) is 47.1 Å². The summed E-state index contributed by atoms with van der Waals surface area (Å²) in [4.78, 5) is 12.7. The molecule has 0 aromatic carbocycles. The van der Waals surface area contributed by atoms with Crippen LogP contribution in [0.1, 0.15) is 19.8 Å². The van der Waals surface area contributed by atoms with Crippen molar-refractivity contribution < 1.29 is 43.1 Å². The molecule has 0 bridgehead atoms. The van der Waals surface area contributed by atoms with Crippen LogP contribution in [0.5, 0.6) is 0 Å². The van der Waals surface area contributed by atoms with Gasteiger partial charge in [0.05, 0.1) is 0 Å². The predicted molar refractivity (Wildman–Crippen MR) is 48.8 cm³/mol. The predicted octanol–water partition coefficient (Wildman–Crippen LogP) is -2.87. The quantitative estimate of drug-likeness (QED) is 0.376. The number of likely N-dealkylation sites (tertiary alicyclic amines) is 1. The molecule has 14 heavy (non-hydrogen) atoms. The molecule has 1 heterocycles. The van der Waals surface area contributed by atoms with Gasteiger partial charge in [0.2, 0.25) is 5.91 Å². The number of carbonyl (C=O) groups excluding carboxylic acids is 1. The number of piperidine rings is 1. The molecule has 0 radical (unpaired) electrons. The van der Waals surface area contributed by atoms with Gasteiger partial charge in [0.1, 0.15) is 0 Å². The summed E-state index contributed by atoms with van der Waals surface area (Å²) in [6, 6.07) is 0. The molecule has 4 nitrogen and oxygen atoms in total. The van der Waals surface area contributed by atoms with Crippen LogP contribution in [0.25, 0.3) is 0 Å². The fourth-order valence-electron chi connectivity index (χ4n) is 1.61. The van der Waals surface area contributed by atoms with Crippen molar-refractivity contribution in [3.8, 4) is 0 Å². The van der Waals surface area contributed by atoms with Gasteiger partial charge in [-0.1, -0.05) is 11.1 Å². The molecular weight excluding hydrogens is 213 g/mol. The summed E-state index contributed by atoms with van der Waals surface area (Å²) >= 11 is -1.94. The Labute approximate surface area is 109 Å². The average Bonchev–Trinajstić information content (AvgIpc) is 2.04. The number of hydrogen-bond acceptors (Lipinski definition) is 3. The third-order valence-electron chi connectivity index (χ3n) is 2.43. The Balaban J connectivity index is 0.00000169. The van der Waals surface area contributed by atoms with Crippen LogP contribution >= 0.6 is 0 Å². The largest absolute Gasteiger partial charge is 1.00 e. The van der Waals surface area contributed by atoms with Crippen molar-refractivity contribution >= 4 is 17.0 Å². The van der Waals surface area contributed by atoms with Gasteiger partial charge in [0, 0.05) is 25.8 Å². The van der Waals surface area contributed by atoms with Crippen LogP contribution in [0, 0.1) is 5.92 Å². The number of carbonyl (C=O) groups is 1. The molecule has 1 aliphatic heterocycles. The Bertz CT molecular complexity index is 217. The maximum atomic E-state index is 10.9. The summed E-state index contributed by atoms with van der Waals surface area (Å²) in [5, 5.41) is 0. The van der Waals surface area contributed by atoms with Crippen LogP contribution in [0.2, 0.25) is 0 Å². The second kappa shape index (κ2) is 6.95. The minimum atomic E-state index is -1.94. The first-order valence-corrected chi connectivity index (χ1v) is 5.65. The molecule has 0 saturated carbocycles. The first-order chi connectivity index (χ1) is 6.09. The fraction of sp³-hybridized carbons (Fsp3) is 0.875. The monoisotopic (exact) mass is 227 g/mol. The number of rotatable bonds is 2. The van der Waals surface area contributed by atoms with Crippen molar-refractivity contribution in [2.45, 2.75) is 19.8 Å². The first kappa shape index (κ1) is 14.6. The van der Waals surface area contributed by atoms with Gasteiger partial charge in [0.15, 0.2) is 0 Å². The number of hydrogen-bond donors (Lipinski definition) is 0. The van der Waals surface area contributed by atoms with E-state index in [1.165, 1.54) is 0 Å². The molecular formula is C8H14NNaO3S. The van der Waals surface area contributed by atoms with Crippen LogP contribution in [0.15, 0.2) is 0 Å². The van der Waals surface area contributed by atoms with Gasteiger partial charge < -0.3 is 9.45 Å². The topological polar surface area (TPSA) is 60.4 Å². The smallest absolute Gasteiger partial charge is 0.772 e. The van der Waals surface area contributed by atoms with E-state index in [9.17, 15) is 13.6 Å². The molecule has 1 atom stereocenters. The second-order valence-corrected chi connectivity index (χ2v) is 4.36. The van der Waals surface area contributed by atoms with Crippen LogP contribution in [-0.2, 0) is 15.9 Å². The van der Waals surface area contributed by atoms with Gasteiger partial charge >= 0.3 is 29.6 Å². The van der Waals surface area contributed by atoms with E-state index >= 15 is 0 Å². The summed E-state index contributed by atoms with van der Waals surface area (Å²) in [6.07, 6.45) is 1.63. The van der Waals surface area contributed by atoms with E-state index in [0.717, 1.165) is 12.8 Å². The molecule has 1 saturated heterocycles. The van der Waals surface area contributed by atoms with Crippen molar-refractivity contribution in [1.82, 2.24) is 4.90 Å².